The second-order valence-electron chi connectivity index (χ2n) is 23.2. The van der Waals surface area contributed by atoms with Gasteiger partial charge in [-0.3, -0.25) is 24.0 Å². The zero-order chi connectivity index (χ0) is 64.4. The third kappa shape index (κ3) is 14.2. The summed E-state index contributed by atoms with van der Waals surface area (Å²) in [7, 11) is 0. The van der Waals surface area contributed by atoms with Crippen LogP contribution in [0.2, 0.25) is 0 Å². The first-order valence-electron chi connectivity index (χ1n) is 30.7. The van der Waals surface area contributed by atoms with E-state index in [0.717, 1.165) is 45.0 Å². The van der Waals surface area contributed by atoms with E-state index < -0.39 is 23.6 Å². The van der Waals surface area contributed by atoms with E-state index in [9.17, 15) is 29.1 Å². The van der Waals surface area contributed by atoms with E-state index in [0.29, 0.717) is 11.1 Å². The Balaban J connectivity index is 0.000000195. The summed E-state index contributed by atoms with van der Waals surface area (Å²) in [4.78, 5) is 75.1. The van der Waals surface area contributed by atoms with Crippen LogP contribution in [0, 0.1) is 27.7 Å². The molecule has 14 heteroatoms. The van der Waals surface area contributed by atoms with Crippen LogP contribution in [0.15, 0.2) is 247 Å². The first-order chi connectivity index (χ1) is 44.6. The highest BCUT2D eigenvalue weighted by molar-refractivity contribution is 6.39. The molecule has 0 spiro atoms. The van der Waals surface area contributed by atoms with Gasteiger partial charge in [0.25, 0.3) is 23.6 Å². The highest BCUT2D eigenvalue weighted by atomic mass is 16.3. The van der Waals surface area contributed by atoms with E-state index in [1.54, 1.807) is 36.4 Å². The number of pyridine rings is 2. The predicted molar refractivity (Wildman–Crippen MR) is 358 cm³/mol. The van der Waals surface area contributed by atoms with Gasteiger partial charge in [0.15, 0.2) is 11.8 Å². The van der Waals surface area contributed by atoms with E-state index in [-0.39, 0.29) is 83.7 Å². The number of benzene rings is 7. The minimum Gasteiger partial charge on any atom is -0.871 e. The van der Waals surface area contributed by atoms with Crippen molar-refractivity contribution in [3.8, 4) is 0 Å². The number of carbonyl (C=O) groups is 5. The largest absolute Gasteiger partial charge is 0.871 e. The average Bonchev–Trinajstić information content (AvgIpc) is 0.757. The summed E-state index contributed by atoms with van der Waals surface area (Å²) in [5, 5.41) is 24.9. The Bertz CT molecular complexity index is 4210. The molecule has 0 saturated heterocycles. The van der Waals surface area contributed by atoms with Gasteiger partial charge in [0.05, 0.1) is 6.04 Å². The maximum Gasteiger partial charge on any atom is 0.270 e. The van der Waals surface area contributed by atoms with Crippen molar-refractivity contribution in [3.05, 3.63) is 331 Å². The fourth-order valence-corrected chi connectivity index (χ4v) is 11.6. The topological polar surface area (TPSA) is 189 Å². The van der Waals surface area contributed by atoms with Crippen molar-refractivity contribution in [1.82, 2.24) is 31.2 Å². The molecule has 4 amide bonds. The number of allylic oxidation sites excluding steroid dienone is 7. The van der Waals surface area contributed by atoms with Gasteiger partial charge in [0.1, 0.15) is 22.8 Å². The number of hydrogen-bond donors (Lipinski definition) is 4. The lowest BCUT2D eigenvalue weighted by Crippen LogP contribution is -2.30. The number of nitrogens with zero attached hydrogens (tertiary/aromatic N) is 4. The summed E-state index contributed by atoms with van der Waals surface area (Å²) < 4.78 is 2.32. The number of Topliss-reactive ketones (excluding diaryl/α,β-unsaturated/α-hetero) is 1. The summed E-state index contributed by atoms with van der Waals surface area (Å²) >= 11 is 0. The molecule has 0 radical (unpaired) electrons. The molecule has 2 aliphatic carbocycles. The zero-order valence-electron chi connectivity index (χ0n) is 52.2. The van der Waals surface area contributed by atoms with Crippen molar-refractivity contribution in [3.63, 3.8) is 0 Å². The Morgan fingerprint density at radius 1 is 0.446 bits per heavy atom. The van der Waals surface area contributed by atoms with Crippen molar-refractivity contribution in [2.45, 2.75) is 79.8 Å². The monoisotopic (exact) mass is 1210 g/mol. The summed E-state index contributed by atoms with van der Waals surface area (Å²) in [6.07, 6.45) is 7.84. The average molecular weight is 1220 g/mol. The van der Waals surface area contributed by atoms with Crippen molar-refractivity contribution < 1.29 is 33.7 Å². The predicted octanol–water partition coefficient (Wildman–Crippen LogP) is 13.0. The van der Waals surface area contributed by atoms with Gasteiger partial charge in [-0.15, -0.1) is 0 Å². The van der Waals surface area contributed by atoms with Crippen LogP contribution in [-0.4, -0.2) is 49.7 Å². The lowest BCUT2D eigenvalue weighted by molar-refractivity contribution is -0.486. The van der Waals surface area contributed by atoms with Crippen molar-refractivity contribution in [1.29, 1.82) is 0 Å². The van der Waals surface area contributed by atoms with Gasteiger partial charge in [-0.1, -0.05) is 169 Å². The molecular formula is C78H70N8O6. The van der Waals surface area contributed by atoms with Gasteiger partial charge in [-0.2, -0.15) is 4.58 Å². The summed E-state index contributed by atoms with van der Waals surface area (Å²) in [6.45, 7) is 13.9. The molecule has 0 saturated carbocycles. The smallest absolute Gasteiger partial charge is 0.270 e. The Morgan fingerprint density at radius 2 is 0.870 bits per heavy atom. The molecule has 2 aromatic heterocycles. The third-order valence-corrected chi connectivity index (χ3v) is 16.6. The Labute approximate surface area is 536 Å². The molecule has 0 fully saturated rings. The summed E-state index contributed by atoms with van der Waals surface area (Å²) in [5.41, 5.74) is 17.1. The molecule has 458 valence electrons. The van der Waals surface area contributed by atoms with E-state index in [4.69, 9.17) is 0 Å². The standard InChI is InChI=1S/C48H44N2O2.C30H26N6O4/c1-31-17-27-43(33(3)29-31)49(35(5)37-13-9-7-10-14-37)41-23-19-39(20-24-41)45-47(51)46(48(45)52)40-21-25-42(26-22-40)50(36(6)38-15-11-8-12-16-38)44-28-18-32(2)30-34(44)4;37-27-23-3-1-4-24(35-23)28(38)32-16-20-9-13-22(14-10-20)18-34-30(40)26-6-2-5-25(36-26)29(39)33-17-21-11-7-19(8-12-21)15-31-27/h7-30,35-36H,1-6H3;1-14H,15-18H2,(H,31,37)(H,32,38)(H,33,39)(H,34,40). The van der Waals surface area contributed by atoms with Crippen LogP contribution in [0.4, 0.5) is 17.1 Å². The first kappa shape index (κ1) is 62.2. The normalized spacial score (nSPS) is 14.9. The number of anilines is 2. The van der Waals surface area contributed by atoms with E-state index >= 15 is 0 Å². The minimum absolute atomic E-state index is 0.0533. The van der Waals surface area contributed by atoms with Crippen LogP contribution >= 0.6 is 0 Å². The first-order valence-corrected chi connectivity index (χ1v) is 30.7. The molecule has 9 aromatic rings. The van der Waals surface area contributed by atoms with Crippen LogP contribution in [-0.2, 0) is 31.0 Å². The van der Waals surface area contributed by atoms with Crippen molar-refractivity contribution >= 4 is 57.8 Å². The zero-order valence-corrected chi connectivity index (χ0v) is 52.2. The molecule has 14 nitrogen and oxygen atoms in total. The van der Waals surface area contributed by atoms with Gasteiger partial charge in [-0.05, 0) is 140 Å². The molecule has 6 heterocycles. The molecule has 15 rings (SSSR count). The lowest BCUT2D eigenvalue weighted by Gasteiger charge is -2.34. The number of amides is 4. The minimum atomic E-state index is -0.398. The number of hydrogen-bond acceptors (Lipinski definition) is 9. The number of carbonyl (C=O) groups excluding carboxylic acids is 5. The highest BCUT2D eigenvalue weighted by Gasteiger charge is 2.32. The SMILES string of the molecule is Cc1ccc(N(c2ccc(C3=C([O-])C(=C4C=CC(=[N+](c5ccc(C)cc5C)C(C)c5ccccc5)C=C4)C3=O)cc2)C(C)c2ccccc2)c(C)c1.O=C1NCc2ccc(cc2)CNC(=O)c2cccc(n2)C(=O)NCc2ccc(cc2)CNC(=O)c2cccc1n2. The van der Waals surface area contributed by atoms with Crippen molar-refractivity contribution in [2.75, 3.05) is 4.90 Å². The van der Waals surface area contributed by atoms with Crippen LogP contribution in [0.1, 0.15) is 129 Å². The Kier molecular flexibility index (Phi) is 18.9. The van der Waals surface area contributed by atoms with Crippen molar-refractivity contribution in [2.24, 2.45) is 0 Å². The fourth-order valence-electron chi connectivity index (χ4n) is 11.6. The van der Waals surface area contributed by atoms with Crippen LogP contribution < -0.4 is 31.3 Å². The number of aryl methyl sites for hydroxylation is 4. The fraction of sp³-hybridized carbons (Fsp3) is 0.154. The molecule has 2 unspecified atom stereocenters. The molecule has 8 bridgehead atoms. The highest BCUT2D eigenvalue weighted by Crippen LogP contribution is 2.41. The quantitative estimate of drug-likeness (QED) is 0.0848. The van der Waals surface area contributed by atoms with E-state index in [1.165, 1.54) is 33.4 Å². The van der Waals surface area contributed by atoms with Crippen LogP contribution in [0.25, 0.3) is 5.57 Å². The Hall–Kier alpha value is -11.4. The van der Waals surface area contributed by atoms with Gasteiger partial charge >= 0.3 is 0 Å². The van der Waals surface area contributed by atoms with Gasteiger partial charge in [-0.25, -0.2) is 9.97 Å². The van der Waals surface area contributed by atoms with Crippen LogP contribution in [0.5, 0.6) is 0 Å². The number of ketones is 1. The van der Waals surface area contributed by atoms with Gasteiger partial charge in [0.2, 0.25) is 11.4 Å². The second-order valence-corrected chi connectivity index (χ2v) is 23.2. The van der Waals surface area contributed by atoms with Crippen LogP contribution in [0.3, 0.4) is 0 Å². The molecule has 6 aliphatic rings. The number of aromatic nitrogens is 2. The molecule has 4 aliphatic heterocycles. The summed E-state index contributed by atoms with van der Waals surface area (Å²) in [6, 6.07) is 66.0. The second kappa shape index (κ2) is 28.0. The molecule has 4 N–H and O–H groups in total. The van der Waals surface area contributed by atoms with Gasteiger partial charge < -0.3 is 31.3 Å². The lowest BCUT2D eigenvalue weighted by atomic mass is 9.80. The van der Waals surface area contributed by atoms with E-state index in [1.807, 2.05) is 109 Å². The van der Waals surface area contributed by atoms with Gasteiger partial charge in [0, 0.05) is 85.0 Å². The number of nitrogens with one attached hydrogen (secondary N) is 4. The van der Waals surface area contributed by atoms with E-state index in [2.05, 4.69) is 167 Å². The molecule has 92 heavy (non-hydrogen) atoms. The number of rotatable bonds is 8. The molecule has 2 atom stereocenters. The maximum absolute atomic E-state index is 13.7. The molecule has 7 aromatic carbocycles. The maximum atomic E-state index is 13.7. The third-order valence-electron chi connectivity index (χ3n) is 16.6. The summed E-state index contributed by atoms with van der Waals surface area (Å²) in [5.74, 6) is -2.01. The Morgan fingerprint density at radius 3 is 1.29 bits per heavy atom. The molecular weight excluding hydrogens is 1140 g/mol.